The largest absolute Gasteiger partial charge is 0.310 e. The van der Waals surface area contributed by atoms with Gasteiger partial charge in [-0.3, -0.25) is 4.98 Å². The lowest BCUT2D eigenvalue weighted by Gasteiger charge is -2.38. The van der Waals surface area contributed by atoms with Crippen LogP contribution in [-0.2, 0) is 0 Å². The molecule has 1 saturated carbocycles. The van der Waals surface area contributed by atoms with Crippen molar-refractivity contribution in [1.29, 1.82) is 0 Å². The van der Waals surface area contributed by atoms with Gasteiger partial charge in [-0.25, -0.2) is 0 Å². The van der Waals surface area contributed by atoms with Gasteiger partial charge in [0.1, 0.15) is 0 Å². The van der Waals surface area contributed by atoms with Gasteiger partial charge < -0.3 is 5.32 Å². The van der Waals surface area contributed by atoms with E-state index in [1.807, 2.05) is 12.4 Å². The van der Waals surface area contributed by atoms with E-state index in [9.17, 15) is 0 Å². The summed E-state index contributed by atoms with van der Waals surface area (Å²) in [5, 5.41) is 3.80. The summed E-state index contributed by atoms with van der Waals surface area (Å²) in [4.78, 5) is 4.25. The van der Waals surface area contributed by atoms with Crippen molar-refractivity contribution < 1.29 is 0 Å². The number of hydrogen-bond acceptors (Lipinski definition) is 2. The molecule has 1 aromatic rings. The summed E-state index contributed by atoms with van der Waals surface area (Å²) < 4.78 is 0. The van der Waals surface area contributed by atoms with Crippen molar-refractivity contribution >= 4 is 0 Å². The Morgan fingerprint density at radius 1 is 1.30 bits per heavy atom. The first-order chi connectivity index (χ1) is 9.63. The number of hydrogen-bond donors (Lipinski definition) is 1. The van der Waals surface area contributed by atoms with Gasteiger partial charge in [-0.2, -0.15) is 0 Å². The molecule has 0 aromatic carbocycles. The first-order valence-corrected chi connectivity index (χ1v) is 8.27. The molecule has 1 heterocycles. The van der Waals surface area contributed by atoms with E-state index in [0.29, 0.717) is 6.04 Å². The van der Waals surface area contributed by atoms with Crippen LogP contribution in [0.3, 0.4) is 0 Å². The molecule has 1 fully saturated rings. The number of nitrogens with zero attached hydrogens (tertiary/aromatic N) is 1. The fourth-order valence-corrected chi connectivity index (χ4v) is 3.56. The highest BCUT2D eigenvalue weighted by molar-refractivity contribution is 5.26. The first kappa shape index (κ1) is 15.5. The minimum absolute atomic E-state index is 0.507. The van der Waals surface area contributed by atoms with E-state index < -0.39 is 0 Å². The normalized spacial score (nSPS) is 28.3. The van der Waals surface area contributed by atoms with E-state index in [0.717, 1.165) is 24.3 Å². The Hall–Kier alpha value is -0.890. The summed E-state index contributed by atoms with van der Waals surface area (Å²) in [6, 6.07) is 2.72. The standard InChI is InChI=1S/C18H30N2/c1-5-9-20-18(17-8-10-19-12-15(17)4)16-7-6-13(2)14(3)11-16/h8,10,12-14,16,18,20H,5-7,9,11H2,1-4H3. The average Bonchev–Trinajstić information content (AvgIpc) is 2.44. The van der Waals surface area contributed by atoms with Crippen molar-refractivity contribution in [3.8, 4) is 0 Å². The summed E-state index contributed by atoms with van der Waals surface area (Å²) in [6.07, 6.45) is 9.22. The Bertz CT molecular complexity index is 416. The van der Waals surface area contributed by atoms with Crippen LogP contribution in [0.15, 0.2) is 18.5 Å². The zero-order chi connectivity index (χ0) is 14.5. The van der Waals surface area contributed by atoms with Gasteiger partial charge in [0.05, 0.1) is 0 Å². The molecular formula is C18H30N2. The Morgan fingerprint density at radius 2 is 2.10 bits per heavy atom. The van der Waals surface area contributed by atoms with Gasteiger partial charge in [0.15, 0.2) is 0 Å². The number of rotatable bonds is 5. The van der Waals surface area contributed by atoms with Crippen LogP contribution in [0.2, 0.25) is 0 Å². The highest BCUT2D eigenvalue weighted by Crippen LogP contribution is 2.40. The summed E-state index contributed by atoms with van der Waals surface area (Å²) in [5.41, 5.74) is 2.78. The Kier molecular flexibility index (Phi) is 5.59. The van der Waals surface area contributed by atoms with Crippen LogP contribution in [0.1, 0.15) is 63.6 Å². The third-order valence-electron chi connectivity index (χ3n) is 5.12. The second kappa shape index (κ2) is 7.21. The number of nitrogens with one attached hydrogen (secondary N) is 1. The van der Waals surface area contributed by atoms with Crippen molar-refractivity contribution in [3.05, 3.63) is 29.6 Å². The molecule has 1 aliphatic rings. The summed E-state index contributed by atoms with van der Waals surface area (Å²) in [7, 11) is 0. The van der Waals surface area contributed by atoms with Crippen LogP contribution in [0.25, 0.3) is 0 Å². The summed E-state index contributed by atoms with van der Waals surface area (Å²) >= 11 is 0. The SMILES string of the molecule is CCCNC(c1ccncc1C)C1CCC(C)C(C)C1. The molecule has 20 heavy (non-hydrogen) atoms. The predicted molar refractivity (Wildman–Crippen MR) is 85.7 cm³/mol. The minimum atomic E-state index is 0.507. The van der Waals surface area contributed by atoms with Crippen LogP contribution in [0, 0.1) is 24.7 Å². The third-order valence-corrected chi connectivity index (χ3v) is 5.12. The van der Waals surface area contributed by atoms with E-state index in [2.05, 4.69) is 44.1 Å². The molecule has 4 unspecified atom stereocenters. The molecular weight excluding hydrogens is 244 g/mol. The highest BCUT2D eigenvalue weighted by atomic mass is 14.9. The second-order valence-electron chi connectivity index (χ2n) is 6.69. The Morgan fingerprint density at radius 3 is 2.75 bits per heavy atom. The molecule has 0 aliphatic heterocycles. The van der Waals surface area contributed by atoms with Crippen molar-refractivity contribution in [1.82, 2.24) is 10.3 Å². The average molecular weight is 274 g/mol. The number of pyridine rings is 1. The number of aryl methyl sites for hydroxylation is 1. The molecule has 0 radical (unpaired) electrons. The Labute approximate surface area is 124 Å². The fraction of sp³-hybridized carbons (Fsp3) is 0.722. The quantitative estimate of drug-likeness (QED) is 0.855. The molecule has 0 spiro atoms. The lowest BCUT2D eigenvalue weighted by molar-refractivity contribution is 0.171. The van der Waals surface area contributed by atoms with E-state index in [4.69, 9.17) is 0 Å². The van der Waals surface area contributed by atoms with Gasteiger partial charge in [0.2, 0.25) is 0 Å². The maximum Gasteiger partial charge on any atom is 0.0352 e. The fourth-order valence-electron chi connectivity index (χ4n) is 3.56. The monoisotopic (exact) mass is 274 g/mol. The van der Waals surface area contributed by atoms with Crippen LogP contribution in [0.4, 0.5) is 0 Å². The van der Waals surface area contributed by atoms with Crippen LogP contribution < -0.4 is 5.32 Å². The van der Waals surface area contributed by atoms with Crippen LogP contribution >= 0.6 is 0 Å². The van der Waals surface area contributed by atoms with Gasteiger partial charge in [-0.05, 0) is 67.7 Å². The lowest BCUT2D eigenvalue weighted by atomic mass is 9.71. The molecule has 0 amide bonds. The van der Waals surface area contributed by atoms with Crippen molar-refractivity contribution in [2.45, 2.75) is 59.4 Å². The van der Waals surface area contributed by atoms with Gasteiger partial charge in [-0.1, -0.05) is 27.2 Å². The highest BCUT2D eigenvalue weighted by Gasteiger charge is 2.31. The molecule has 4 atom stereocenters. The second-order valence-corrected chi connectivity index (χ2v) is 6.69. The zero-order valence-electron chi connectivity index (χ0n) is 13.5. The van der Waals surface area contributed by atoms with Crippen molar-refractivity contribution in [3.63, 3.8) is 0 Å². The van der Waals surface area contributed by atoms with E-state index >= 15 is 0 Å². The van der Waals surface area contributed by atoms with Gasteiger partial charge in [0, 0.05) is 18.4 Å². The molecule has 2 nitrogen and oxygen atoms in total. The van der Waals surface area contributed by atoms with Gasteiger partial charge in [-0.15, -0.1) is 0 Å². The van der Waals surface area contributed by atoms with Crippen LogP contribution in [-0.4, -0.2) is 11.5 Å². The van der Waals surface area contributed by atoms with Crippen LogP contribution in [0.5, 0.6) is 0 Å². The number of aromatic nitrogens is 1. The molecule has 1 aromatic heterocycles. The molecule has 0 saturated heterocycles. The van der Waals surface area contributed by atoms with Crippen molar-refractivity contribution in [2.24, 2.45) is 17.8 Å². The molecule has 1 aliphatic carbocycles. The van der Waals surface area contributed by atoms with Gasteiger partial charge >= 0.3 is 0 Å². The smallest absolute Gasteiger partial charge is 0.0352 e. The molecule has 112 valence electrons. The molecule has 0 bridgehead atoms. The molecule has 2 heteroatoms. The Balaban J connectivity index is 2.17. The van der Waals surface area contributed by atoms with E-state index in [1.165, 1.54) is 36.8 Å². The molecule has 2 rings (SSSR count). The maximum atomic E-state index is 4.25. The third kappa shape index (κ3) is 3.60. The first-order valence-electron chi connectivity index (χ1n) is 8.27. The van der Waals surface area contributed by atoms with E-state index in [1.54, 1.807) is 0 Å². The summed E-state index contributed by atoms with van der Waals surface area (Å²) in [5.74, 6) is 2.51. The van der Waals surface area contributed by atoms with Crippen molar-refractivity contribution in [2.75, 3.05) is 6.54 Å². The topological polar surface area (TPSA) is 24.9 Å². The zero-order valence-corrected chi connectivity index (χ0v) is 13.5. The molecule has 1 N–H and O–H groups in total. The minimum Gasteiger partial charge on any atom is -0.310 e. The summed E-state index contributed by atoms with van der Waals surface area (Å²) in [6.45, 7) is 10.4. The maximum absolute atomic E-state index is 4.25. The van der Waals surface area contributed by atoms with E-state index in [-0.39, 0.29) is 0 Å². The lowest BCUT2D eigenvalue weighted by Crippen LogP contribution is -2.34. The van der Waals surface area contributed by atoms with Gasteiger partial charge in [0.25, 0.3) is 0 Å². The predicted octanol–water partition coefficient (Wildman–Crippen LogP) is 4.50.